The molecule has 0 aliphatic carbocycles. The predicted octanol–water partition coefficient (Wildman–Crippen LogP) is 6.29. The summed E-state index contributed by atoms with van der Waals surface area (Å²) < 4.78 is 50.0. The number of benzene rings is 1. The van der Waals surface area contributed by atoms with Gasteiger partial charge in [-0.05, 0) is 37.1 Å². The number of allylic oxidation sites excluding steroid dienone is 7. The van der Waals surface area contributed by atoms with Crippen molar-refractivity contribution in [3.63, 3.8) is 0 Å². The normalized spacial score (nSPS) is 17.4. The van der Waals surface area contributed by atoms with Gasteiger partial charge in [0.05, 0.1) is 11.4 Å². The molecule has 36 heavy (non-hydrogen) atoms. The Kier molecular flexibility index (Phi) is 7.05. The van der Waals surface area contributed by atoms with Gasteiger partial charge < -0.3 is 14.8 Å². The first-order valence-electron chi connectivity index (χ1n) is 11.2. The van der Waals surface area contributed by atoms with Gasteiger partial charge in [0.15, 0.2) is 11.5 Å². The first kappa shape index (κ1) is 24.9. The van der Waals surface area contributed by atoms with Gasteiger partial charge in [-0.25, -0.2) is 9.69 Å². The number of hydrogen-bond donors (Lipinski definition) is 1. The molecule has 0 saturated heterocycles. The summed E-state index contributed by atoms with van der Waals surface area (Å²) in [6.45, 7) is 10.4. The number of hydrazone groups is 1. The SMILES string of the molecule is C=C(/C=C\C=C(\C)C(C)C)n1nc(Oc2ccccc2OC(F)(F)F)cc1C1=CN2N=CNC2C=C1. The van der Waals surface area contributed by atoms with E-state index in [1.807, 2.05) is 37.4 Å². The molecule has 188 valence electrons. The largest absolute Gasteiger partial charge is 0.573 e. The molecule has 1 N–H and O–H groups in total. The lowest BCUT2D eigenvalue weighted by atomic mass is 10.1. The highest BCUT2D eigenvalue weighted by Gasteiger charge is 2.32. The number of rotatable bonds is 8. The summed E-state index contributed by atoms with van der Waals surface area (Å²) in [5.41, 5.74) is 3.12. The van der Waals surface area contributed by atoms with E-state index >= 15 is 0 Å². The van der Waals surface area contributed by atoms with Crippen molar-refractivity contribution < 1.29 is 22.6 Å². The fraction of sp³-hybridized carbons (Fsp3) is 0.231. The van der Waals surface area contributed by atoms with Crippen molar-refractivity contribution in [1.29, 1.82) is 0 Å². The Morgan fingerprint density at radius 2 is 1.97 bits per heavy atom. The van der Waals surface area contributed by atoms with Crippen molar-refractivity contribution in [3.05, 3.63) is 84.8 Å². The van der Waals surface area contributed by atoms with Gasteiger partial charge in [-0.15, -0.1) is 18.3 Å². The van der Waals surface area contributed by atoms with E-state index in [2.05, 4.69) is 40.7 Å². The Bertz CT molecular complexity index is 1280. The Morgan fingerprint density at radius 3 is 2.69 bits per heavy atom. The molecule has 1 atom stereocenters. The zero-order valence-corrected chi connectivity index (χ0v) is 20.0. The van der Waals surface area contributed by atoms with E-state index in [0.717, 1.165) is 5.57 Å². The highest BCUT2D eigenvalue weighted by atomic mass is 19.4. The summed E-state index contributed by atoms with van der Waals surface area (Å²) in [6, 6.07) is 7.16. The molecule has 1 aromatic carbocycles. The summed E-state index contributed by atoms with van der Waals surface area (Å²) in [6.07, 6.45) is 8.01. The number of nitrogens with zero attached hydrogens (tertiary/aromatic N) is 4. The van der Waals surface area contributed by atoms with Crippen LogP contribution >= 0.6 is 0 Å². The van der Waals surface area contributed by atoms with Gasteiger partial charge in [0.25, 0.3) is 0 Å². The number of fused-ring (bicyclic) bond motifs is 1. The molecule has 2 aromatic rings. The highest BCUT2D eigenvalue weighted by molar-refractivity contribution is 5.77. The molecule has 0 bridgehead atoms. The van der Waals surface area contributed by atoms with Crippen molar-refractivity contribution in [2.75, 3.05) is 0 Å². The third-order valence-corrected chi connectivity index (χ3v) is 5.55. The molecule has 0 radical (unpaired) electrons. The summed E-state index contributed by atoms with van der Waals surface area (Å²) >= 11 is 0. The van der Waals surface area contributed by atoms with Crippen LogP contribution in [0.4, 0.5) is 13.2 Å². The van der Waals surface area contributed by atoms with Gasteiger partial charge in [-0.1, -0.05) is 56.4 Å². The number of aromatic nitrogens is 2. The van der Waals surface area contributed by atoms with Crippen LogP contribution in [0.2, 0.25) is 0 Å². The van der Waals surface area contributed by atoms with Gasteiger partial charge >= 0.3 is 6.36 Å². The van der Waals surface area contributed by atoms with Crippen molar-refractivity contribution in [1.82, 2.24) is 20.1 Å². The minimum absolute atomic E-state index is 0.0751. The molecule has 0 saturated carbocycles. The molecule has 4 rings (SSSR count). The number of para-hydroxylation sites is 2. The zero-order chi connectivity index (χ0) is 25.9. The van der Waals surface area contributed by atoms with Gasteiger partial charge in [-0.3, -0.25) is 0 Å². The summed E-state index contributed by atoms with van der Waals surface area (Å²) in [4.78, 5) is 0. The summed E-state index contributed by atoms with van der Waals surface area (Å²) in [5, 5.41) is 13.6. The van der Waals surface area contributed by atoms with Crippen LogP contribution in [0.15, 0.2) is 84.2 Å². The summed E-state index contributed by atoms with van der Waals surface area (Å²) in [5.74, 6) is -0.108. The van der Waals surface area contributed by atoms with Crippen LogP contribution in [0.5, 0.6) is 17.4 Å². The van der Waals surface area contributed by atoms with Crippen molar-refractivity contribution in [2.45, 2.75) is 33.3 Å². The smallest absolute Gasteiger partial charge is 0.434 e. The monoisotopic (exact) mass is 497 g/mol. The van der Waals surface area contributed by atoms with Crippen LogP contribution in [0.3, 0.4) is 0 Å². The average Bonchev–Trinajstić information content (AvgIpc) is 3.45. The highest BCUT2D eigenvalue weighted by Crippen LogP contribution is 2.36. The molecule has 3 heterocycles. The number of nitrogens with one attached hydrogen (secondary N) is 1. The Hall–Kier alpha value is -4.21. The van der Waals surface area contributed by atoms with E-state index in [4.69, 9.17) is 4.74 Å². The van der Waals surface area contributed by atoms with E-state index in [1.165, 1.54) is 23.8 Å². The van der Waals surface area contributed by atoms with Gasteiger partial charge in [0.1, 0.15) is 12.5 Å². The zero-order valence-electron chi connectivity index (χ0n) is 20.0. The van der Waals surface area contributed by atoms with E-state index < -0.39 is 12.1 Å². The minimum Gasteiger partial charge on any atom is -0.434 e. The standard InChI is InChI=1S/C26H26F3N5O2/c1-17(2)18(3)8-7-9-19(4)34-21(20-12-13-24-30-16-31-33(24)15-20)14-25(32-34)35-22-10-5-6-11-23(22)36-26(27,28)29/h5-17,24H,4H2,1-3H3,(H,30,31)/b9-7-,18-8-. The van der Waals surface area contributed by atoms with E-state index in [9.17, 15) is 13.2 Å². The predicted molar refractivity (Wildman–Crippen MR) is 133 cm³/mol. The van der Waals surface area contributed by atoms with E-state index in [1.54, 1.807) is 34.2 Å². The number of alkyl halides is 3. The molecular formula is C26H26F3N5O2. The molecule has 10 heteroatoms. The first-order valence-corrected chi connectivity index (χ1v) is 11.2. The van der Waals surface area contributed by atoms with Crippen LogP contribution in [0.1, 0.15) is 26.5 Å². The Morgan fingerprint density at radius 1 is 1.22 bits per heavy atom. The molecule has 0 spiro atoms. The lowest BCUT2D eigenvalue weighted by Gasteiger charge is -2.22. The van der Waals surface area contributed by atoms with Gasteiger partial charge in [-0.2, -0.15) is 5.10 Å². The number of ether oxygens (including phenoxy) is 2. The molecule has 2 aliphatic rings. The molecular weight excluding hydrogens is 471 g/mol. The fourth-order valence-electron chi connectivity index (χ4n) is 3.38. The van der Waals surface area contributed by atoms with Crippen molar-refractivity contribution >= 4 is 17.6 Å². The summed E-state index contributed by atoms with van der Waals surface area (Å²) in [7, 11) is 0. The second-order valence-electron chi connectivity index (χ2n) is 8.47. The van der Waals surface area contributed by atoms with E-state index in [0.29, 0.717) is 17.3 Å². The molecule has 1 unspecified atom stereocenters. The molecule has 2 aliphatic heterocycles. The lowest BCUT2D eigenvalue weighted by Crippen LogP contribution is -2.32. The Labute approximate surface area is 207 Å². The van der Waals surface area contributed by atoms with Crippen molar-refractivity contribution in [3.8, 4) is 17.4 Å². The molecule has 0 fully saturated rings. The van der Waals surface area contributed by atoms with Crippen molar-refractivity contribution in [2.24, 2.45) is 11.0 Å². The van der Waals surface area contributed by atoms with Gasteiger partial charge in [0.2, 0.25) is 5.88 Å². The molecule has 7 nitrogen and oxygen atoms in total. The average molecular weight is 498 g/mol. The third kappa shape index (κ3) is 5.88. The van der Waals surface area contributed by atoms with Crippen LogP contribution in [0.25, 0.3) is 11.3 Å². The fourth-order valence-corrected chi connectivity index (χ4v) is 3.38. The van der Waals surface area contributed by atoms with Crippen LogP contribution in [-0.4, -0.2) is 33.7 Å². The van der Waals surface area contributed by atoms with E-state index in [-0.39, 0.29) is 17.8 Å². The number of halogens is 3. The maximum atomic E-state index is 12.9. The second kappa shape index (κ2) is 10.2. The Balaban J connectivity index is 1.68. The third-order valence-electron chi connectivity index (χ3n) is 5.55. The quantitative estimate of drug-likeness (QED) is 0.435. The first-order chi connectivity index (χ1) is 17.1. The molecule has 0 amide bonds. The minimum atomic E-state index is -4.86. The van der Waals surface area contributed by atoms with Crippen LogP contribution < -0.4 is 14.8 Å². The topological polar surface area (TPSA) is 63.9 Å². The van der Waals surface area contributed by atoms with Crippen LogP contribution in [-0.2, 0) is 0 Å². The van der Waals surface area contributed by atoms with Gasteiger partial charge in [0, 0.05) is 17.8 Å². The maximum Gasteiger partial charge on any atom is 0.573 e. The van der Waals surface area contributed by atoms with Crippen LogP contribution in [0, 0.1) is 5.92 Å². The maximum absolute atomic E-state index is 12.9. The lowest BCUT2D eigenvalue weighted by molar-refractivity contribution is -0.275. The molecule has 1 aromatic heterocycles. The number of hydrogen-bond acceptors (Lipinski definition) is 6. The second-order valence-corrected chi connectivity index (χ2v) is 8.47.